The number of nitrogens with zero attached hydrogens (tertiary/aromatic N) is 3. The molecule has 88 valence electrons. The van der Waals surface area contributed by atoms with Crippen LogP contribution >= 0.6 is 22.7 Å². The molecule has 0 fully saturated rings. The maximum absolute atomic E-state index is 9.31. The third-order valence-electron chi connectivity index (χ3n) is 2.52. The van der Waals surface area contributed by atoms with Gasteiger partial charge in [0.2, 0.25) is 0 Å². The average Bonchev–Trinajstić information content (AvgIpc) is 2.96. The highest BCUT2D eigenvalue weighted by Crippen LogP contribution is 2.32. The average molecular weight is 272 g/mol. The number of hydrogen-bond donors (Lipinski definition) is 1. The van der Waals surface area contributed by atoms with Crippen molar-refractivity contribution >= 4 is 38.0 Å². The van der Waals surface area contributed by atoms with Crippen LogP contribution in [-0.4, -0.2) is 9.97 Å². The molecule has 0 aliphatic heterocycles. The van der Waals surface area contributed by atoms with E-state index in [1.165, 1.54) is 22.7 Å². The minimum Gasteiger partial charge on any atom is -0.375 e. The van der Waals surface area contributed by atoms with E-state index in [4.69, 9.17) is 5.73 Å². The number of thiazole rings is 2. The molecular formula is C12H8N4S2. The molecule has 0 aliphatic carbocycles. The second-order valence-electron chi connectivity index (χ2n) is 3.69. The summed E-state index contributed by atoms with van der Waals surface area (Å²) in [7, 11) is 0. The second-order valence-corrected chi connectivity index (χ2v) is 5.64. The molecule has 4 nitrogen and oxygen atoms in total. The Kier molecular flexibility index (Phi) is 2.70. The fourth-order valence-electron chi connectivity index (χ4n) is 1.69. The molecule has 18 heavy (non-hydrogen) atoms. The van der Waals surface area contributed by atoms with Gasteiger partial charge in [0.05, 0.1) is 22.0 Å². The summed E-state index contributed by atoms with van der Waals surface area (Å²) in [6.45, 7) is 0. The smallest absolute Gasteiger partial charge is 0.180 e. The van der Waals surface area contributed by atoms with E-state index < -0.39 is 5.92 Å². The van der Waals surface area contributed by atoms with Crippen LogP contribution in [0.3, 0.4) is 0 Å². The lowest BCUT2D eigenvalue weighted by atomic mass is 10.1. The van der Waals surface area contributed by atoms with Crippen LogP contribution in [-0.2, 0) is 0 Å². The molecule has 1 aromatic carbocycles. The monoisotopic (exact) mass is 272 g/mol. The Bertz CT molecular complexity index is 705. The molecule has 0 spiro atoms. The fraction of sp³-hybridized carbons (Fsp3) is 0.0833. The van der Waals surface area contributed by atoms with Crippen LogP contribution in [0.2, 0.25) is 0 Å². The van der Waals surface area contributed by atoms with Crippen LogP contribution in [0, 0.1) is 11.3 Å². The zero-order valence-corrected chi connectivity index (χ0v) is 10.8. The molecule has 0 amide bonds. The van der Waals surface area contributed by atoms with Crippen molar-refractivity contribution in [2.24, 2.45) is 0 Å². The molecule has 0 saturated heterocycles. The van der Waals surface area contributed by atoms with Crippen LogP contribution in [0.4, 0.5) is 5.13 Å². The summed E-state index contributed by atoms with van der Waals surface area (Å²) >= 11 is 2.87. The number of anilines is 1. The van der Waals surface area contributed by atoms with E-state index in [1.807, 2.05) is 29.6 Å². The molecule has 0 unspecified atom stereocenters. The van der Waals surface area contributed by atoms with Gasteiger partial charge in [-0.3, -0.25) is 0 Å². The quantitative estimate of drug-likeness (QED) is 0.778. The molecule has 2 N–H and O–H groups in total. The Hall–Kier alpha value is -1.97. The largest absolute Gasteiger partial charge is 0.375 e. The molecule has 0 radical (unpaired) electrons. The summed E-state index contributed by atoms with van der Waals surface area (Å²) < 4.78 is 1.08. The van der Waals surface area contributed by atoms with E-state index in [9.17, 15) is 5.26 Å². The Morgan fingerprint density at radius 1 is 1.28 bits per heavy atom. The van der Waals surface area contributed by atoms with E-state index in [0.717, 1.165) is 15.2 Å². The third kappa shape index (κ3) is 1.83. The number of nitriles is 1. The van der Waals surface area contributed by atoms with Crippen molar-refractivity contribution in [2.75, 3.05) is 5.73 Å². The summed E-state index contributed by atoms with van der Waals surface area (Å²) in [5.74, 6) is -0.434. The molecule has 2 heterocycles. The predicted molar refractivity (Wildman–Crippen MR) is 73.6 cm³/mol. The Morgan fingerprint density at radius 3 is 2.78 bits per heavy atom. The topological polar surface area (TPSA) is 75.6 Å². The van der Waals surface area contributed by atoms with Gasteiger partial charge in [-0.25, -0.2) is 9.97 Å². The number of nitrogens with two attached hydrogens (primary N) is 1. The highest BCUT2D eigenvalue weighted by Gasteiger charge is 2.20. The summed E-state index contributed by atoms with van der Waals surface area (Å²) in [6.07, 6.45) is 0. The van der Waals surface area contributed by atoms with Crippen molar-refractivity contribution in [3.8, 4) is 6.07 Å². The van der Waals surface area contributed by atoms with E-state index in [1.54, 1.807) is 0 Å². The SMILES string of the molecule is N#C[C@@H](c1csc(N)n1)c1nc2ccccc2s1. The Balaban J connectivity index is 2.09. The van der Waals surface area contributed by atoms with E-state index in [-0.39, 0.29) is 0 Å². The number of nitrogen functional groups attached to an aromatic ring is 1. The maximum Gasteiger partial charge on any atom is 0.180 e. The van der Waals surface area contributed by atoms with Gasteiger partial charge in [-0.05, 0) is 12.1 Å². The standard InChI is InChI=1S/C12H8N4S2/c13-5-7(9-6-17-12(14)16-9)11-15-8-3-1-2-4-10(8)18-11/h1-4,6-7H,(H2,14,16)/t7-/m0/s1. The van der Waals surface area contributed by atoms with Crippen molar-refractivity contribution in [2.45, 2.75) is 5.92 Å². The highest BCUT2D eigenvalue weighted by atomic mass is 32.1. The molecule has 0 saturated carbocycles. The number of para-hydroxylation sites is 1. The molecular weight excluding hydrogens is 264 g/mol. The van der Waals surface area contributed by atoms with E-state index >= 15 is 0 Å². The minimum absolute atomic E-state index is 0.434. The van der Waals surface area contributed by atoms with Crippen molar-refractivity contribution in [1.82, 2.24) is 9.97 Å². The molecule has 1 atom stereocenters. The van der Waals surface area contributed by atoms with Gasteiger partial charge in [0.1, 0.15) is 10.9 Å². The van der Waals surface area contributed by atoms with Gasteiger partial charge in [0.25, 0.3) is 0 Å². The van der Waals surface area contributed by atoms with Crippen LogP contribution in [0.15, 0.2) is 29.6 Å². The lowest BCUT2D eigenvalue weighted by molar-refractivity contribution is 0.973. The second kappa shape index (κ2) is 4.37. The summed E-state index contributed by atoms with van der Waals surface area (Å²) in [5, 5.41) is 12.4. The van der Waals surface area contributed by atoms with Gasteiger partial charge in [-0.1, -0.05) is 12.1 Å². The number of fused-ring (bicyclic) bond motifs is 1. The number of aromatic nitrogens is 2. The molecule has 2 aromatic heterocycles. The fourth-order valence-corrected chi connectivity index (χ4v) is 3.31. The summed E-state index contributed by atoms with van der Waals surface area (Å²) in [4.78, 5) is 8.66. The van der Waals surface area contributed by atoms with Gasteiger partial charge >= 0.3 is 0 Å². The molecule has 0 bridgehead atoms. The summed E-state index contributed by atoms with van der Waals surface area (Å²) in [6, 6.07) is 10.1. The van der Waals surface area contributed by atoms with Crippen LogP contribution in [0.1, 0.15) is 16.6 Å². The Labute approximate surface area is 111 Å². The van der Waals surface area contributed by atoms with Gasteiger partial charge < -0.3 is 5.73 Å². The van der Waals surface area contributed by atoms with Crippen LogP contribution in [0.5, 0.6) is 0 Å². The van der Waals surface area contributed by atoms with Crippen molar-refractivity contribution in [3.63, 3.8) is 0 Å². The number of rotatable bonds is 2. The van der Waals surface area contributed by atoms with Gasteiger partial charge in [-0.15, -0.1) is 22.7 Å². The molecule has 6 heteroatoms. The molecule has 3 rings (SSSR count). The number of benzene rings is 1. The van der Waals surface area contributed by atoms with Gasteiger partial charge in [0, 0.05) is 5.38 Å². The first-order chi connectivity index (χ1) is 8.78. The van der Waals surface area contributed by atoms with Gasteiger partial charge in [-0.2, -0.15) is 5.26 Å². The van der Waals surface area contributed by atoms with E-state index in [0.29, 0.717) is 10.8 Å². The zero-order chi connectivity index (χ0) is 12.5. The first-order valence-electron chi connectivity index (χ1n) is 5.24. The highest BCUT2D eigenvalue weighted by molar-refractivity contribution is 7.18. The lowest BCUT2D eigenvalue weighted by Crippen LogP contribution is -1.98. The first-order valence-corrected chi connectivity index (χ1v) is 6.93. The third-order valence-corrected chi connectivity index (χ3v) is 4.32. The van der Waals surface area contributed by atoms with Crippen molar-refractivity contribution < 1.29 is 0 Å². The zero-order valence-electron chi connectivity index (χ0n) is 9.20. The van der Waals surface area contributed by atoms with Crippen LogP contribution in [0.25, 0.3) is 10.2 Å². The predicted octanol–water partition coefficient (Wildman–Crippen LogP) is 2.99. The normalized spacial score (nSPS) is 12.4. The molecule has 3 aromatic rings. The number of hydrogen-bond acceptors (Lipinski definition) is 6. The lowest BCUT2D eigenvalue weighted by Gasteiger charge is -1.99. The first kappa shape index (κ1) is 11.1. The van der Waals surface area contributed by atoms with Gasteiger partial charge in [0.15, 0.2) is 5.13 Å². The van der Waals surface area contributed by atoms with E-state index in [2.05, 4.69) is 16.0 Å². The maximum atomic E-state index is 9.31. The minimum atomic E-state index is -0.434. The summed E-state index contributed by atoms with van der Waals surface area (Å²) in [5.41, 5.74) is 7.20. The van der Waals surface area contributed by atoms with Crippen molar-refractivity contribution in [1.29, 1.82) is 5.26 Å². The van der Waals surface area contributed by atoms with Crippen LogP contribution < -0.4 is 5.73 Å². The molecule has 0 aliphatic rings. The Morgan fingerprint density at radius 2 is 2.11 bits per heavy atom. The van der Waals surface area contributed by atoms with Crippen molar-refractivity contribution in [3.05, 3.63) is 40.3 Å².